The summed E-state index contributed by atoms with van der Waals surface area (Å²) in [7, 11) is -3.58. The number of hydroxylamine groups is 1. The second-order valence-electron chi connectivity index (χ2n) is 10.8. The predicted octanol–water partition coefficient (Wildman–Crippen LogP) is 4.73. The molecule has 2 aromatic carbocycles. The summed E-state index contributed by atoms with van der Waals surface area (Å²) < 4.78 is 27.4. The fraction of sp³-hybridized carbons (Fsp3) is 0.400. The van der Waals surface area contributed by atoms with Crippen molar-refractivity contribution >= 4 is 45.0 Å². The molecule has 0 radical (unpaired) electrons. The third-order valence-electron chi connectivity index (χ3n) is 7.91. The number of aromatic nitrogens is 2. The first-order valence-electron chi connectivity index (χ1n) is 14.1. The summed E-state index contributed by atoms with van der Waals surface area (Å²) >= 11 is 13.0. The number of amides is 2. The van der Waals surface area contributed by atoms with Gasteiger partial charge in [0.05, 0.1) is 35.8 Å². The van der Waals surface area contributed by atoms with Crippen LogP contribution < -0.4 is 10.2 Å². The molecule has 0 bridgehead atoms. The zero-order valence-corrected chi connectivity index (χ0v) is 26.1. The van der Waals surface area contributed by atoms with Crippen molar-refractivity contribution in [2.45, 2.75) is 69.7 Å². The van der Waals surface area contributed by atoms with E-state index in [0.29, 0.717) is 40.2 Å². The Hall–Kier alpha value is -3.09. The molecule has 0 saturated heterocycles. The molecule has 0 spiro atoms. The minimum absolute atomic E-state index is 0.0188. The van der Waals surface area contributed by atoms with Crippen molar-refractivity contribution in [1.29, 1.82) is 0 Å². The maximum Gasteiger partial charge on any atom is 0.255 e. The lowest BCUT2D eigenvalue weighted by molar-refractivity contribution is -0.138. The van der Waals surface area contributed by atoms with Crippen LogP contribution in [0.4, 0.5) is 0 Å². The Bertz CT molecular complexity index is 1600. The Kier molecular flexibility index (Phi) is 9.67. The summed E-state index contributed by atoms with van der Waals surface area (Å²) in [4.78, 5) is 44.2. The smallest absolute Gasteiger partial charge is 0.255 e. The van der Waals surface area contributed by atoms with Crippen LogP contribution in [0.1, 0.15) is 77.4 Å². The molecule has 1 aliphatic heterocycles. The van der Waals surface area contributed by atoms with Gasteiger partial charge in [-0.1, -0.05) is 67.2 Å². The van der Waals surface area contributed by atoms with E-state index >= 15 is 0 Å². The molecule has 0 unspecified atom stereocenters. The molecule has 1 saturated carbocycles. The van der Waals surface area contributed by atoms with Gasteiger partial charge in [-0.2, -0.15) is 0 Å². The van der Waals surface area contributed by atoms with Crippen LogP contribution in [0.2, 0.25) is 10.0 Å². The van der Waals surface area contributed by atoms with E-state index in [1.54, 1.807) is 59.8 Å². The van der Waals surface area contributed by atoms with Crippen LogP contribution in [0.3, 0.4) is 0 Å². The summed E-state index contributed by atoms with van der Waals surface area (Å²) in [6.07, 6.45) is 7.78. The molecule has 228 valence electrons. The molecule has 3 aromatic rings. The Morgan fingerprint density at radius 3 is 2.47 bits per heavy atom. The quantitative estimate of drug-likeness (QED) is 0.322. The number of hydrogen-bond acceptors (Lipinski definition) is 7. The van der Waals surface area contributed by atoms with Gasteiger partial charge in [-0.15, -0.1) is 0 Å². The van der Waals surface area contributed by atoms with E-state index in [-0.39, 0.29) is 17.5 Å². The number of rotatable bonds is 9. The first kappa shape index (κ1) is 31.3. The van der Waals surface area contributed by atoms with E-state index in [1.807, 2.05) is 6.92 Å². The minimum Gasteiger partial charge on any atom is -0.326 e. The molecule has 2 amide bonds. The molecule has 2 heterocycles. The number of carbonyl (C=O) groups excluding carboxylic acids is 2. The third-order valence-corrected chi connectivity index (χ3v) is 9.20. The topological polar surface area (TPSA) is 131 Å². The number of hydrogen-bond donors (Lipinski definition) is 2. The lowest BCUT2D eigenvalue weighted by Gasteiger charge is -2.49. The van der Waals surface area contributed by atoms with Crippen molar-refractivity contribution in [1.82, 2.24) is 25.1 Å². The Labute approximate surface area is 261 Å². The summed E-state index contributed by atoms with van der Waals surface area (Å²) in [6.45, 7) is 1.96. The van der Waals surface area contributed by atoms with Gasteiger partial charge in [0.1, 0.15) is 6.61 Å². The maximum absolute atomic E-state index is 14.3. The number of benzene rings is 2. The van der Waals surface area contributed by atoms with Gasteiger partial charge in [0.15, 0.2) is 0 Å². The average Bonchev–Trinajstić information content (AvgIpc) is 2.97. The van der Waals surface area contributed by atoms with Crippen LogP contribution in [0.5, 0.6) is 0 Å². The monoisotopic (exact) mass is 645 g/mol. The Morgan fingerprint density at radius 1 is 1.05 bits per heavy atom. The van der Waals surface area contributed by atoms with E-state index in [9.17, 15) is 18.0 Å². The number of nitrogens with one attached hydrogen (secondary N) is 2. The minimum atomic E-state index is -3.58. The molecular formula is C30H33Cl2N5O5S. The van der Waals surface area contributed by atoms with Gasteiger partial charge in [-0.25, -0.2) is 18.6 Å². The molecule has 1 aromatic heterocycles. The van der Waals surface area contributed by atoms with E-state index in [2.05, 4.69) is 20.2 Å². The van der Waals surface area contributed by atoms with Crippen molar-refractivity contribution in [2.24, 2.45) is 0 Å². The normalized spacial score (nSPS) is 22.2. The molecule has 5 rings (SSSR count). The Morgan fingerprint density at radius 2 is 1.77 bits per heavy atom. The number of carbonyl (C=O) groups is 2. The van der Waals surface area contributed by atoms with Gasteiger partial charge >= 0.3 is 0 Å². The number of sulfonamides is 1. The van der Waals surface area contributed by atoms with E-state index in [1.165, 1.54) is 0 Å². The summed E-state index contributed by atoms with van der Waals surface area (Å²) in [5, 5.41) is 0.680. The van der Waals surface area contributed by atoms with E-state index in [4.69, 9.17) is 28.0 Å². The Balaban J connectivity index is 1.56. The zero-order valence-electron chi connectivity index (χ0n) is 23.8. The molecular weight excluding hydrogens is 613 g/mol. The predicted molar refractivity (Wildman–Crippen MR) is 163 cm³/mol. The first-order valence-corrected chi connectivity index (χ1v) is 16.8. The van der Waals surface area contributed by atoms with Crippen molar-refractivity contribution in [3.8, 4) is 0 Å². The van der Waals surface area contributed by atoms with Crippen LogP contribution in [-0.4, -0.2) is 53.4 Å². The SMILES string of the molecule is CCc1cnc(CONC(=O)[C@@H]2c3ccccc3C(=O)N([C@H]3CCCC[C@@H]3NS(C)(=O)=O)[C@H]2c2ccc(Cl)cc2Cl)cn1. The van der Waals surface area contributed by atoms with Crippen molar-refractivity contribution < 1.29 is 22.8 Å². The number of fused-ring (bicyclic) bond motifs is 1. The largest absolute Gasteiger partial charge is 0.326 e. The van der Waals surface area contributed by atoms with Gasteiger partial charge in [0.2, 0.25) is 10.0 Å². The number of aryl methyl sites for hydroxylation is 1. The van der Waals surface area contributed by atoms with E-state index < -0.39 is 40.0 Å². The molecule has 1 fully saturated rings. The standard InChI is InChI=1S/C30H33Cl2N5O5S/c1-3-19-15-34-20(16-33-19)17-42-35-29(38)27-21-8-4-5-9-22(21)30(39)37(28(27)23-13-12-18(31)14-24(23)32)26-11-7-6-10-25(26)36-43(2,40)41/h4-5,8-9,12-16,25-28,36H,3,6-7,10-11,17H2,1-2H3,(H,35,38)/t25-,26-,27+,28-/m0/s1. The molecule has 1 aliphatic carbocycles. The highest BCUT2D eigenvalue weighted by molar-refractivity contribution is 7.88. The van der Waals surface area contributed by atoms with Gasteiger partial charge in [-0.3, -0.25) is 24.4 Å². The summed E-state index contributed by atoms with van der Waals surface area (Å²) in [6, 6.07) is 9.89. The fourth-order valence-electron chi connectivity index (χ4n) is 6.01. The lowest BCUT2D eigenvalue weighted by Crippen LogP contribution is -2.59. The van der Waals surface area contributed by atoms with Crippen molar-refractivity contribution in [3.05, 3.63) is 93.0 Å². The molecule has 13 heteroatoms. The molecule has 43 heavy (non-hydrogen) atoms. The van der Waals surface area contributed by atoms with Gasteiger partial charge in [0, 0.05) is 33.9 Å². The number of nitrogens with zero attached hydrogens (tertiary/aromatic N) is 3. The number of halogens is 2. The third kappa shape index (κ3) is 7.02. The molecule has 4 atom stereocenters. The average molecular weight is 647 g/mol. The second kappa shape index (κ2) is 13.3. The highest BCUT2D eigenvalue weighted by Gasteiger charge is 2.49. The van der Waals surface area contributed by atoms with Gasteiger partial charge < -0.3 is 4.90 Å². The van der Waals surface area contributed by atoms with Crippen LogP contribution in [0, 0.1) is 0 Å². The highest BCUT2D eigenvalue weighted by atomic mass is 35.5. The van der Waals surface area contributed by atoms with Crippen molar-refractivity contribution in [2.75, 3.05) is 6.26 Å². The second-order valence-corrected chi connectivity index (χ2v) is 13.5. The van der Waals surface area contributed by atoms with Crippen LogP contribution >= 0.6 is 23.2 Å². The van der Waals surface area contributed by atoms with Crippen LogP contribution in [0.25, 0.3) is 0 Å². The van der Waals surface area contributed by atoms with Crippen LogP contribution in [0.15, 0.2) is 54.9 Å². The van der Waals surface area contributed by atoms with E-state index in [0.717, 1.165) is 31.2 Å². The molecule has 2 aliphatic rings. The molecule has 10 nitrogen and oxygen atoms in total. The van der Waals surface area contributed by atoms with Crippen molar-refractivity contribution in [3.63, 3.8) is 0 Å². The molecule has 2 N–H and O–H groups in total. The van der Waals surface area contributed by atoms with Crippen LogP contribution in [-0.2, 0) is 32.7 Å². The van der Waals surface area contributed by atoms with Gasteiger partial charge in [-0.05, 0) is 48.6 Å². The zero-order chi connectivity index (χ0) is 30.7. The first-order chi connectivity index (χ1) is 20.6. The summed E-state index contributed by atoms with van der Waals surface area (Å²) in [5.41, 5.74) is 5.32. The summed E-state index contributed by atoms with van der Waals surface area (Å²) in [5.74, 6) is -1.75. The fourth-order valence-corrected chi connectivity index (χ4v) is 7.36. The highest BCUT2D eigenvalue weighted by Crippen LogP contribution is 2.47. The maximum atomic E-state index is 14.3. The lowest BCUT2D eigenvalue weighted by atomic mass is 9.76. The van der Waals surface area contributed by atoms with Gasteiger partial charge in [0.25, 0.3) is 11.8 Å².